The highest BCUT2D eigenvalue weighted by Gasteiger charge is 2.37. The highest BCUT2D eigenvalue weighted by atomic mass is 16.6. The van der Waals surface area contributed by atoms with Crippen molar-refractivity contribution in [2.24, 2.45) is 0 Å². The van der Waals surface area contributed by atoms with Gasteiger partial charge in [-0.3, -0.25) is 9.59 Å². The van der Waals surface area contributed by atoms with Gasteiger partial charge in [0.05, 0.1) is 6.61 Å². The van der Waals surface area contributed by atoms with Gasteiger partial charge in [0, 0.05) is 13.1 Å². The average Bonchev–Trinajstić information content (AvgIpc) is 2.90. The summed E-state index contributed by atoms with van der Waals surface area (Å²) in [6.07, 6.45) is 3.97. The van der Waals surface area contributed by atoms with Crippen molar-refractivity contribution in [2.75, 3.05) is 13.2 Å². The van der Waals surface area contributed by atoms with Crippen LogP contribution in [0.4, 0.5) is 4.79 Å². The lowest BCUT2D eigenvalue weighted by molar-refractivity contribution is -0.143. The van der Waals surface area contributed by atoms with E-state index in [4.69, 9.17) is 4.74 Å². The monoisotopic (exact) mass is 553 g/mol. The summed E-state index contributed by atoms with van der Waals surface area (Å²) in [4.78, 5) is 42.0. The van der Waals surface area contributed by atoms with E-state index in [0.717, 1.165) is 47.9 Å². The van der Waals surface area contributed by atoms with Crippen LogP contribution in [0.3, 0.4) is 0 Å². The summed E-state index contributed by atoms with van der Waals surface area (Å²) in [6, 6.07) is 13.1. The van der Waals surface area contributed by atoms with Gasteiger partial charge in [-0.15, -0.1) is 0 Å². The lowest BCUT2D eigenvalue weighted by atomic mass is 9.93. The zero-order valence-corrected chi connectivity index (χ0v) is 25.0. The molecule has 0 heterocycles. The summed E-state index contributed by atoms with van der Waals surface area (Å²) < 4.78 is 5.33. The molecule has 3 amide bonds. The number of carbonyl (C=O) groups excluding carboxylic acids is 3. The number of rotatable bonds is 14. The van der Waals surface area contributed by atoms with Crippen LogP contribution in [0.5, 0.6) is 0 Å². The van der Waals surface area contributed by atoms with E-state index in [1.165, 1.54) is 4.90 Å². The van der Waals surface area contributed by atoms with Gasteiger partial charge in [-0.25, -0.2) is 4.79 Å². The van der Waals surface area contributed by atoms with Crippen molar-refractivity contribution in [3.05, 3.63) is 70.8 Å². The molecule has 2 atom stereocenters. The summed E-state index contributed by atoms with van der Waals surface area (Å²) in [5, 5.41) is 15.7. The van der Waals surface area contributed by atoms with Crippen LogP contribution in [0, 0.1) is 13.8 Å². The Balaban J connectivity index is 2.47. The van der Waals surface area contributed by atoms with Gasteiger partial charge in [-0.1, -0.05) is 81.1 Å². The Bertz CT molecular complexity index is 1080. The number of aryl methyl sites for hydroxylation is 2. The van der Waals surface area contributed by atoms with E-state index in [9.17, 15) is 19.5 Å². The largest absolute Gasteiger partial charge is 0.444 e. The van der Waals surface area contributed by atoms with Crippen LogP contribution in [0.1, 0.15) is 88.1 Å². The molecule has 220 valence electrons. The number of benzene rings is 2. The molecule has 8 heteroatoms. The van der Waals surface area contributed by atoms with Crippen molar-refractivity contribution in [2.45, 2.75) is 97.9 Å². The maximum Gasteiger partial charge on any atom is 0.408 e. The number of aliphatic hydroxyl groups excluding tert-OH is 1. The quantitative estimate of drug-likeness (QED) is 0.274. The van der Waals surface area contributed by atoms with Crippen molar-refractivity contribution < 1.29 is 24.2 Å². The fraction of sp³-hybridized carbons (Fsp3) is 0.531. The topological polar surface area (TPSA) is 108 Å². The molecule has 0 aromatic heterocycles. The first-order valence-electron chi connectivity index (χ1n) is 14.3. The third-order valence-corrected chi connectivity index (χ3v) is 6.64. The Kier molecular flexibility index (Phi) is 13.1. The number of alkyl carbamates (subject to hydrolysis) is 1. The summed E-state index contributed by atoms with van der Waals surface area (Å²) in [5.41, 5.74) is 2.66. The van der Waals surface area contributed by atoms with Gasteiger partial charge < -0.3 is 25.4 Å². The van der Waals surface area contributed by atoms with E-state index in [1.807, 2.05) is 62.4 Å². The molecular weight excluding hydrogens is 506 g/mol. The second-order valence-electron chi connectivity index (χ2n) is 11.2. The molecule has 0 aliphatic carbocycles. The van der Waals surface area contributed by atoms with Crippen molar-refractivity contribution in [1.82, 2.24) is 15.5 Å². The first-order valence-corrected chi connectivity index (χ1v) is 14.3. The fourth-order valence-electron chi connectivity index (χ4n) is 4.66. The molecular formula is C32H47N3O5. The average molecular weight is 554 g/mol. The van der Waals surface area contributed by atoms with Gasteiger partial charge in [0.15, 0.2) is 0 Å². The third-order valence-electron chi connectivity index (χ3n) is 6.64. The van der Waals surface area contributed by atoms with E-state index in [1.54, 1.807) is 20.8 Å². The van der Waals surface area contributed by atoms with E-state index in [2.05, 4.69) is 17.6 Å². The predicted octanol–water partition coefficient (Wildman–Crippen LogP) is 5.35. The number of carbonyl (C=O) groups is 3. The van der Waals surface area contributed by atoms with Gasteiger partial charge in [-0.05, 0) is 63.3 Å². The Hall–Kier alpha value is -3.39. The van der Waals surface area contributed by atoms with E-state index in [-0.39, 0.29) is 5.91 Å². The maximum absolute atomic E-state index is 14.0. The van der Waals surface area contributed by atoms with Crippen LogP contribution in [0.2, 0.25) is 0 Å². The molecule has 2 rings (SSSR count). The van der Waals surface area contributed by atoms with Gasteiger partial charge in [-0.2, -0.15) is 0 Å². The van der Waals surface area contributed by atoms with Crippen LogP contribution >= 0.6 is 0 Å². The zero-order chi connectivity index (χ0) is 29.7. The first-order chi connectivity index (χ1) is 19.0. The molecule has 2 aromatic rings. The molecule has 0 saturated carbocycles. The normalized spacial score (nSPS) is 12.8. The van der Waals surface area contributed by atoms with Crippen LogP contribution in [0.15, 0.2) is 48.5 Å². The number of amides is 3. The standard InChI is InChI=1S/C32H47N3O5/c1-7-8-9-10-14-20-35(30(38)26(22-36)34-31(39)40-32(4,5)6)28(27-23(2)16-15-17-24(27)3)29(37)33-21-25-18-12-11-13-19-25/h11-13,15-19,26,28,36H,7-10,14,20-22H2,1-6H3,(H,33,37)(H,34,39). The fourth-order valence-corrected chi connectivity index (χ4v) is 4.66. The minimum atomic E-state index is -1.26. The minimum Gasteiger partial charge on any atom is -0.444 e. The van der Waals surface area contributed by atoms with Crippen molar-refractivity contribution >= 4 is 17.9 Å². The van der Waals surface area contributed by atoms with Gasteiger partial charge in [0.25, 0.3) is 0 Å². The second-order valence-corrected chi connectivity index (χ2v) is 11.2. The van der Waals surface area contributed by atoms with Gasteiger partial charge >= 0.3 is 6.09 Å². The van der Waals surface area contributed by atoms with E-state index >= 15 is 0 Å². The summed E-state index contributed by atoms with van der Waals surface area (Å²) in [5.74, 6) is -0.858. The molecule has 0 fully saturated rings. The van der Waals surface area contributed by atoms with Crippen LogP contribution in [-0.2, 0) is 20.9 Å². The number of nitrogens with zero attached hydrogens (tertiary/aromatic N) is 1. The summed E-state index contributed by atoms with van der Waals surface area (Å²) in [6.45, 7) is 11.1. The number of nitrogens with one attached hydrogen (secondary N) is 2. The van der Waals surface area contributed by atoms with Crippen LogP contribution in [-0.4, -0.2) is 52.7 Å². The SMILES string of the molecule is CCCCCCCN(C(=O)C(CO)NC(=O)OC(C)(C)C)C(C(=O)NCc1ccccc1)c1c(C)cccc1C. The number of hydrogen-bond acceptors (Lipinski definition) is 5. The number of ether oxygens (including phenoxy) is 1. The molecule has 40 heavy (non-hydrogen) atoms. The Morgan fingerprint density at radius 2 is 1.55 bits per heavy atom. The molecule has 0 bridgehead atoms. The molecule has 0 aliphatic heterocycles. The Labute approximate surface area is 239 Å². The molecule has 2 aromatic carbocycles. The molecule has 3 N–H and O–H groups in total. The highest BCUT2D eigenvalue weighted by molar-refractivity contribution is 5.92. The van der Waals surface area contributed by atoms with Crippen molar-refractivity contribution in [1.29, 1.82) is 0 Å². The molecule has 0 saturated heterocycles. The minimum absolute atomic E-state index is 0.298. The lowest BCUT2D eigenvalue weighted by Gasteiger charge is -2.35. The zero-order valence-electron chi connectivity index (χ0n) is 25.0. The van der Waals surface area contributed by atoms with Crippen LogP contribution < -0.4 is 10.6 Å². The molecule has 0 aliphatic rings. The van der Waals surface area contributed by atoms with Crippen molar-refractivity contribution in [3.8, 4) is 0 Å². The Morgan fingerprint density at radius 3 is 2.12 bits per heavy atom. The maximum atomic E-state index is 14.0. The van der Waals surface area contributed by atoms with E-state index in [0.29, 0.717) is 19.5 Å². The van der Waals surface area contributed by atoms with Crippen LogP contribution in [0.25, 0.3) is 0 Å². The number of aliphatic hydroxyl groups is 1. The number of unbranched alkanes of at least 4 members (excludes halogenated alkanes) is 4. The van der Waals surface area contributed by atoms with Crippen molar-refractivity contribution in [3.63, 3.8) is 0 Å². The lowest BCUT2D eigenvalue weighted by Crippen LogP contribution is -2.54. The third kappa shape index (κ3) is 10.3. The number of hydrogen-bond donors (Lipinski definition) is 3. The predicted molar refractivity (Wildman–Crippen MR) is 158 cm³/mol. The molecule has 8 nitrogen and oxygen atoms in total. The van der Waals surface area contributed by atoms with Gasteiger partial charge in [0.2, 0.25) is 11.8 Å². The van der Waals surface area contributed by atoms with Gasteiger partial charge in [0.1, 0.15) is 17.7 Å². The Morgan fingerprint density at radius 1 is 0.925 bits per heavy atom. The highest BCUT2D eigenvalue weighted by Crippen LogP contribution is 2.29. The molecule has 0 radical (unpaired) electrons. The molecule has 0 spiro atoms. The summed E-state index contributed by atoms with van der Waals surface area (Å²) >= 11 is 0. The second kappa shape index (κ2) is 16.0. The van der Waals surface area contributed by atoms with E-state index < -0.39 is 36.3 Å². The summed E-state index contributed by atoms with van der Waals surface area (Å²) in [7, 11) is 0. The smallest absolute Gasteiger partial charge is 0.408 e. The first kappa shape index (κ1) is 32.8. The molecule has 2 unspecified atom stereocenters.